The van der Waals surface area contributed by atoms with E-state index in [2.05, 4.69) is 157 Å². The van der Waals surface area contributed by atoms with Gasteiger partial charge in [-0.3, -0.25) is 0 Å². The Morgan fingerprint density at radius 1 is 0.404 bits per heavy atom. The summed E-state index contributed by atoms with van der Waals surface area (Å²) in [6.07, 6.45) is 0. The van der Waals surface area contributed by atoms with Crippen LogP contribution in [-0.2, 0) is 0 Å². The topological polar surface area (TPSA) is 16.4 Å². The highest BCUT2D eigenvalue weighted by molar-refractivity contribution is 7.26. The summed E-state index contributed by atoms with van der Waals surface area (Å²) < 4.78 is 8.96. The van der Waals surface area contributed by atoms with Crippen LogP contribution in [0.15, 0.2) is 168 Å². The maximum absolute atomic E-state index is 6.39. The highest BCUT2D eigenvalue weighted by atomic mass is 32.1. The van der Waals surface area contributed by atoms with Gasteiger partial charge in [0, 0.05) is 48.4 Å². The molecule has 0 atom stereocenters. The molecule has 0 spiro atoms. The van der Waals surface area contributed by atoms with Crippen molar-refractivity contribution in [2.45, 2.75) is 0 Å². The summed E-state index contributed by atoms with van der Waals surface area (Å²) in [5.41, 5.74) is 7.59. The predicted octanol–water partition coefficient (Wildman–Crippen LogP) is 13.4. The van der Waals surface area contributed by atoms with Gasteiger partial charge in [-0.1, -0.05) is 103 Å². The van der Waals surface area contributed by atoms with E-state index in [1.165, 1.54) is 52.8 Å². The van der Waals surface area contributed by atoms with Gasteiger partial charge >= 0.3 is 0 Å². The molecule has 8 aromatic carbocycles. The van der Waals surface area contributed by atoms with Crippen LogP contribution in [0.4, 0.5) is 17.1 Å². The average Bonchev–Trinajstić information content (AvgIpc) is 3.70. The van der Waals surface area contributed by atoms with E-state index in [0.717, 1.165) is 39.0 Å². The number of hydrogen-bond acceptors (Lipinski definition) is 3. The summed E-state index contributed by atoms with van der Waals surface area (Å²) in [5.74, 6) is 0. The third-order valence-corrected chi connectivity index (χ3v) is 10.6. The molecule has 10 aromatic rings. The summed E-state index contributed by atoms with van der Waals surface area (Å²) in [4.78, 5) is 2.40. The summed E-state index contributed by atoms with van der Waals surface area (Å²) in [6, 6.07) is 59.1. The van der Waals surface area contributed by atoms with Crippen LogP contribution in [0, 0.1) is 0 Å². The number of benzene rings is 8. The Labute approximate surface area is 275 Å². The van der Waals surface area contributed by atoms with Gasteiger partial charge in [-0.2, -0.15) is 0 Å². The van der Waals surface area contributed by atoms with Crippen molar-refractivity contribution in [3.8, 4) is 11.1 Å². The molecule has 0 amide bonds. The van der Waals surface area contributed by atoms with Crippen molar-refractivity contribution in [3.05, 3.63) is 164 Å². The minimum atomic E-state index is 0.886. The fraction of sp³-hybridized carbons (Fsp3) is 0. The molecule has 3 heteroatoms. The number of hydrogen-bond donors (Lipinski definition) is 0. The van der Waals surface area contributed by atoms with Crippen molar-refractivity contribution in [1.82, 2.24) is 0 Å². The maximum atomic E-state index is 6.39. The van der Waals surface area contributed by atoms with E-state index >= 15 is 0 Å². The van der Waals surface area contributed by atoms with Gasteiger partial charge in [-0.25, -0.2) is 0 Å². The maximum Gasteiger partial charge on any atom is 0.137 e. The Hall–Kier alpha value is -5.90. The van der Waals surface area contributed by atoms with Crippen LogP contribution < -0.4 is 4.90 Å². The van der Waals surface area contributed by atoms with Gasteiger partial charge in [-0.05, 0) is 87.3 Å². The van der Waals surface area contributed by atoms with Crippen molar-refractivity contribution >= 4 is 92.1 Å². The van der Waals surface area contributed by atoms with Crippen LogP contribution in [0.25, 0.3) is 74.8 Å². The Morgan fingerprint density at radius 3 is 1.94 bits per heavy atom. The van der Waals surface area contributed by atoms with Gasteiger partial charge in [0.2, 0.25) is 0 Å². The molecule has 0 aliphatic heterocycles. The quantitative estimate of drug-likeness (QED) is 0.183. The minimum Gasteiger partial charge on any atom is -0.456 e. The van der Waals surface area contributed by atoms with Crippen LogP contribution >= 0.6 is 11.3 Å². The van der Waals surface area contributed by atoms with Gasteiger partial charge in [0.25, 0.3) is 0 Å². The Balaban J connectivity index is 1.19. The highest BCUT2D eigenvalue weighted by Crippen LogP contribution is 2.46. The summed E-state index contributed by atoms with van der Waals surface area (Å²) >= 11 is 1.85. The van der Waals surface area contributed by atoms with Gasteiger partial charge in [-0.15, -0.1) is 11.3 Å². The first-order valence-electron chi connectivity index (χ1n) is 15.9. The highest BCUT2D eigenvalue weighted by Gasteiger charge is 2.20. The molecule has 2 nitrogen and oxygen atoms in total. The molecule has 220 valence electrons. The van der Waals surface area contributed by atoms with E-state index in [0.29, 0.717) is 0 Å². The van der Waals surface area contributed by atoms with Gasteiger partial charge in [0.1, 0.15) is 11.2 Å². The molecular formula is C44H27NOS. The normalized spacial score (nSPS) is 11.8. The van der Waals surface area contributed by atoms with Crippen molar-refractivity contribution in [2.24, 2.45) is 0 Å². The standard InChI is InChI=1S/C44H27NOS/c1-2-9-28(10-3-1)29-19-22-34-30(25-29)17-18-31-26-32(20-23-35(31)34)45(33-21-24-37-36-11-4-6-14-40(36)46-41(37)27-33)39-13-8-16-43-44(39)38-12-5-7-15-42(38)47-43/h1-27H. The molecule has 0 N–H and O–H groups in total. The molecule has 0 radical (unpaired) electrons. The van der Waals surface area contributed by atoms with Crippen LogP contribution in [0.1, 0.15) is 0 Å². The number of nitrogens with zero attached hydrogens (tertiary/aromatic N) is 1. The molecule has 0 fully saturated rings. The van der Waals surface area contributed by atoms with Gasteiger partial charge in [0.15, 0.2) is 0 Å². The third-order valence-electron chi connectivity index (χ3n) is 9.43. The molecule has 0 aliphatic carbocycles. The lowest BCUT2D eigenvalue weighted by Gasteiger charge is -2.27. The van der Waals surface area contributed by atoms with Crippen LogP contribution in [-0.4, -0.2) is 0 Å². The second kappa shape index (κ2) is 10.3. The lowest BCUT2D eigenvalue weighted by atomic mass is 9.97. The van der Waals surface area contributed by atoms with Crippen LogP contribution in [0.5, 0.6) is 0 Å². The SMILES string of the molecule is c1ccc(-c2ccc3c(ccc4cc(N(c5ccc6c(c5)oc5ccccc56)c5cccc6sc7ccccc7c56)ccc43)c2)cc1. The number of furan rings is 1. The van der Waals surface area contributed by atoms with Crippen molar-refractivity contribution < 1.29 is 4.42 Å². The Kier molecular flexibility index (Phi) is 5.78. The Morgan fingerprint density at radius 2 is 1.06 bits per heavy atom. The number of rotatable bonds is 4. The van der Waals surface area contributed by atoms with E-state index in [4.69, 9.17) is 4.42 Å². The Bertz CT molecular complexity index is 2810. The second-order valence-electron chi connectivity index (χ2n) is 12.1. The zero-order valence-electron chi connectivity index (χ0n) is 25.4. The fourth-order valence-corrected chi connectivity index (χ4v) is 8.36. The first-order valence-corrected chi connectivity index (χ1v) is 16.7. The van der Waals surface area contributed by atoms with E-state index in [1.54, 1.807) is 0 Å². The zero-order chi connectivity index (χ0) is 30.9. The fourth-order valence-electron chi connectivity index (χ4n) is 7.23. The van der Waals surface area contributed by atoms with E-state index < -0.39 is 0 Å². The van der Waals surface area contributed by atoms with Crippen molar-refractivity contribution in [3.63, 3.8) is 0 Å². The van der Waals surface area contributed by atoms with Gasteiger partial charge < -0.3 is 9.32 Å². The summed E-state index contributed by atoms with van der Waals surface area (Å²) in [6.45, 7) is 0. The molecule has 2 aromatic heterocycles. The lowest BCUT2D eigenvalue weighted by Crippen LogP contribution is -2.10. The largest absolute Gasteiger partial charge is 0.456 e. The van der Waals surface area contributed by atoms with E-state index in [9.17, 15) is 0 Å². The minimum absolute atomic E-state index is 0.886. The molecule has 0 aliphatic rings. The number of anilines is 3. The molecule has 0 saturated carbocycles. The average molecular weight is 618 g/mol. The van der Waals surface area contributed by atoms with Gasteiger partial charge in [0.05, 0.1) is 5.69 Å². The number of fused-ring (bicyclic) bond motifs is 9. The molecular weight excluding hydrogens is 591 g/mol. The van der Waals surface area contributed by atoms with E-state index in [-0.39, 0.29) is 0 Å². The predicted molar refractivity (Wildman–Crippen MR) is 202 cm³/mol. The molecule has 47 heavy (non-hydrogen) atoms. The number of para-hydroxylation sites is 1. The smallest absolute Gasteiger partial charge is 0.137 e. The van der Waals surface area contributed by atoms with Crippen LogP contribution in [0.2, 0.25) is 0 Å². The van der Waals surface area contributed by atoms with E-state index in [1.807, 2.05) is 23.5 Å². The molecule has 0 saturated heterocycles. The monoisotopic (exact) mass is 617 g/mol. The first kappa shape index (κ1) is 26.3. The van der Waals surface area contributed by atoms with Crippen molar-refractivity contribution in [2.75, 3.05) is 4.90 Å². The van der Waals surface area contributed by atoms with Crippen molar-refractivity contribution in [1.29, 1.82) is 0 Å². The zero-order valence-corrected chi connectivity index (χ0v) is 26.2. The molecule has 10 rings (SSSR count). The lowest BCUT2D eigenvalue weighted by molar-refractivity contribution is 0.669. The van der Waals surface area contributed by atoms with Crippen LogP contribution in [0.3, 0.4) is 0 Å². The summed E-state index contributed by atoms with van der Waals surface area (Å²) in [5, 5.41) is 9.77. The summed E-state index contributed by atoms with van der Waals surface area (Å²) in [7, 11) is 0. The molecule has 2 heterocycles. The first-order chi connectivity index (χ1) is 23.3. The molecule has 0 bridgehead atoms. The number of thiophene rings is 1. The second-order valence-corrected chi connectivity index (χ2v) is 13.2. The third kappa shape index (κ3) is 4.17. The molecule has 0 unspecified atom stereocenters.